The van der Waals surface area contributed by atoms with Crippen LogP contribution in [-0.4, -0.2) is 53.6 Å². The number of amides is 1. The average Bonchev–Trinajstić information content (AvgIpc) is 2.90. The minimum atomic E-state index is -2.95. The molecule has 7 heteroatoms. The molecule has 1 unspecified atom stereocenters. The van der Waals surface area contributed by atoms with E-state index in [1.54, 1.807) is 10.7 Å². The van der Waals surface area contributed by atoms with Crippen LogP contribution in [0.4, 0.5) is 0 Å². The maximum Gasteiger partial charge on any atom is 0.274 e. The fourth-order valence-electron chi connectivity index (χ4n) is 3.37. The molecular weight excluding hydrogens is 302 g/mol. The molecule has 1 aromatic heterocycles. The standard InChI is InChI=1S/C15H23N3O3S/c1-12-10-14(15(19)17-7-4-2-3-5-8-17)16-18(12)13-6-9-22(20,21)11-13/h10,13H,2-9,11H2,1H3. The molecule has 1 amide bonds. The number of hydrogen-bond acceptors (Lipinski definition) is 4. The first-order valence-electron chi connectivity index (χ1n) is 8.02. The Morgan fingerprint density at radius 1 is 1.23 bits per heavy atom. The molecule has 0 bridgehead atoms. The normalized spacial score (nSPS) is 25.1. The van der Waals surface area contributed by atoms with Gasteiger partial charge in [-0.3, -0.25) is 9.48 Å². The Kier molecular flexibility index (Phi) is 4.25. The van der Waals surface area contributed by atoms with Gasteiger partial charge in [0.2, 0.25) is 0 Å². The van der Waals surface area contributed by atoms with Gasteiger partial charge >= 0.3 is 0 Å². The van der Waals surface area contributed by atoms with Crippen LogP contribution >= 0.6 is 0 Å². The Morgan fingerprint density at radius 3 is 2.50 bits per heavy atom. The molecule has 1 aromatic rings. The molecule has 0 aromatic carbocycles. The minimum Gasteiger partial charge on any atom is -0.337 e. The van der Waals surface area contributed by atoms with E-state index in [0.29, 0.717) is 12.1 Å². The number of carbonyl (C=O) groups excluding carboxylic acids is 1. The highest BCUT2D eigenvalue weighted by molar-refractivity contribution is 7.91. The molecule has 2 fully saturated rings. The van der Waals surface area contributed by atoms with Gasteiger partial charge in [-0.15, -0.1) is 0 Å². The zero-order valence-corrected chi connectivity index (χ0v) is 13.8. The first-order valence-corrected chi connectivity index (χ1v) is 9.84. The maximum atomic E-state index is 12.6. The molecule has 1 atom stereocenters. The molecular formula is C15H23N3O3S. The van der Waals surface area contributed by atoms with Gasteiger partial charge < -0.3 is 4.90 Å². The SMILES string of the molecule is Cc1cc(C(=O)N2CCCCCC2)nn1C1CCS(=O)(=O)C1. The highest BCUT2D eigenvalue weighted by Crippen LogP contribution is 2.25. The largest absolute Gasteiger partial charge is 0.337 e. The molecule has 0 saturated carbocycles. The number of likely N-dealkylation sites (tertiary alicyclic amines) is 1. The lowest BCUT2D eigenvalue weighted by Gasteiger charge is -2.18. The Labute approximate surface area is 131 Å². The average molecular weight is 325 g/mol. The van der Waals surface area contributed by atoms with Crippen LogP contribution in [0.25, 0.3) is 0 Å². The molecule has 6 nitrogen and oxygen atoms in total. The van der Waals surface area contributed by atoms with E-state index < -0.39 is 9.84 Å². The molecule has 3 heterocycles. The van der Waals surface area contributed by atoms with E-state index in [1.807, 2.05) is 11.8 Å². The van der Waals surface area contributed by atoms with E-state index in [2.05, 4.69) is 5.10 Å². The Morgan fingerprint density at radius 2 is 1.91 bits per heavy atom. The van der Waals surface area contributed by atoms with Crippen LogP contribution in [0.3, 0.4) is 0 Å². The molecule has 0 spiro atoms. The van der Waals surface area contributed by atoms with Crippen molar-refractivity contribution in [3.63, 3.8) is 0 Å². The van der Waals surface area contributed by atoms with E-state index in [9.17, 15) is 13.2 Å². The van der Waals surface area contributed by atoms with Crippen LogP contribution in [0.2, 0.25) is 0 Å². The van der Waals surface area contributed by atoms with E-state index >= 15 is 0 Å². The number of aromatic nitrogens is 2. The van der Waals surface area contributed by atoms with E-state index in [0.717, 1.165) is 31.6 Å². The number of nitrogens with zero attached hydrogens (tertiary/aromatic N) is 3. The molecule has 3 rings (SSSR count). The first kappa shape index (κ1) is 15.5. The summed E-state index contributed by atoms with van der Waals surface area (Å²) in [6.45, 7) is 3.47. The van der Waals surface area contributed by atoms with Crippen LogP contribution in [0.1, 0.15) is 54.3 Å². The minimum absolute atomic E-state index is 0.0235. The Balaban J connectivity index is 1.78. The third-order valence-corrected chi connectivity index (χ3v) is 6.34. The summed E-state index contributed by atoms with van der Waals surface area (Å²) < 4.78 is 25.0. The summed E-state index contributed by atoms with van der Waals surface area (Å²) in [4.78, 5) is 14.5. The zero-order valence-electron chi connectivity index (χ0n) is 13.0. The van der Waals surface area contributed by atoms with Crippen molar-refractivity contribution >= 4 is 15.7 Å². The third kappa shape index (κ3) is 3.19. The van der Waals surface area contributed by atoms with Crippen LogP contribution in [-0.2, 0) is 9.84 Å². The number of rotatable bonds is 2. The second-order valence-corrected chi connectivity index (χ2v) is 8.61. The van der Waals surface area contributed by atoms with Gasteiger partial charge in [-0.1, -0.05) is 12.8 Å². The molecule has 2 aliphatic rings. The van der Waals surface area contributed by atoms with Crippen LogP contribution in [0.15, 0.2) is 6.07 Å². The zero-order chi connectivity index (χ0) is 15.7. The van der Waals surface area contributed by atoms with Crippen molar-refractivity contribution in [3.05, 3.63) is 17.5 Å². The fourth-order valence-corrected chi connectivity index (χ4v) is 5.06. The van der Waals surface area contributed by atoms with Crippen molar-refractivity contribution < 1.29 is 13.2 Å². The Hall–Kier alpha value is -1.37. The van der Waals surface area contributed by atoms with Gasteiger partial charge in [-0.25, -0.2) is 8.42 Å². The molecule has 2 aliphatic heterocycles. The predicted molar refractivity (Wildman–Crippen MR) is 83.6 cm³/mol. The van der Waals surface area contributed by atoms with Crippen molar-refractivity contribution in [3.8, 4) is 0 Å². The summed E-state index contributed by atoms with van der Waals surface area (Å²) in [7, 11) is -2.95. The topological polar surface area (TPSA) is 72.3 Å². The van der Waals surface area contributed by atoms with Gasteiger partial charge in [-0.2, -0.15) is 5.10 Å². The number of carbonyl (C=O) groups is 1. The second kappa shape index (κ2) is 6.02. The maximum absolute atomic E-state index is 12.6. The molecule has 2 saturated heterocycles. The van der Waals surface area contributed by atoms with E-state index in [4.69, 9.17) is 0 Å². The quantitative estimate of drug-likeness (QED) is 0.827. The number of sulfone groups is 1. The lowest BCUT2D eigenvalue weighted by molar-refractivity contribution is 0.0754. The van der Waals surface area contributed by atoms with Crippen molar-refractivity contribution in [1.82, 2.24) is 14.7 Å². The van der Waals surface area contributed by atoms with Crippen molar-refractivity contribution in [2.45, 2.75) is 45.1 Å². The number of hydrogen-bond donors (Lipinski definition) is 0. The summed E-state index contributed by atoms with van der Waals surface area (Å²) in [5, 5.41) is 4.42. The smallest absolute Gasteiger partial charge is 0.274 e. The fraction of sp³-hybridized carbons (Fsp3) is 0.733. The molecule has 0 N–H and O–H groups in total. The van der Waals surface area contributed by atoms with Crippen LogP contribution < -0.4 is 0 Å². The highest BCUT2D eigenvalue weighted by atomic mass is 32.2. The van der Waals surface area contributed by atoms with Gasteiger partial charge in [0.25, 0.3) is 5.91 Å². The summed E-state index contributed by atoms with van der Waals surface area (Å²) in [6, 6.07) is 1.66. The highest BCUT2D eigenvalue weighted by Gasteiger charge is 2.31. The summed E-state index contributed by atoms with van der Waals surface area (Å²) >= 11 is 0. The van der Waals surface area contributed by atoms with Crippen LogP contribution in [0, 0.1) is 6.92 Å². The van der Waals surface area contributed by atoms with E-state index in [1.165, 1.54) is 12.8 Å². The van der Waals surface area contributed by atoms with Crippen molar-refractivity contribution in [2.24, 2.45) is 0 Å². The van der Waals surface area contributed by atoms with E-state index in [-0.39, 0.29) is 23.5 Å². The first-order chi connectivity index (χ1) is 10.5. The number of aryl methyl sites for hydroxylation is 1. The third-order valence-electron chi connectivity index (χ3n) is 4.59. The summed E-state index contributed by atoms with van der Waals surface area (Å²) in [5.74, 6) is 0.323. The molecule has 22 heavy (non-hydrogen) atoms. The molecule has 0 radical (unpaired) electrons. The molecule has 0 aliphatic carbocycles. The van der Waals surface area contributed by atoms with Crippen molar-refractivity contribution in [1.29, 1.82) is 0 Å². The van der Waals surface area contributed by atoms with Gasteiger partial charge in [0.1, 0.15) is 0 Å². The van der Waals surface area contributed by atoms with Crippen LogP contribution in [0.5, 0.6) is 0 Å². The Bertz CT molecular complexity index is 658. The van der Waals surface area contributed by atoms with Gasteiger partial charge in [0.15, 0.2) is 15.5 Å². The second-order valence-electron chi connectivity index (χ2n) is 6.38. The van der Waals surface area contributed by atoms with Gasteiger partial charge in [0.05, 0.1) is 17.5 Å². The van der Waals surface area contributed by atoms with Gasteiger partial charge in [-0.05, 0) is 32.3 Å². The monoisotopic (exact) mass is 325 g/mol. The van der Waals surface area contributed by atoms with Crippen molar-refractivity contribution in [2.75, 3.05) is 24.6 Å². The molecule has 122 valence electrons. The lowest BCUT2D eigenvalue weighted by atomic mass is 10.2. The lowest BCUT2D eigenvalue weighted by Crippen LogP contribution is -2.32. The summed E-state index contributed by atoms with van der Waals surface area (Å²) in [6.07, 6.45) is 5.04. The predicted octanol–water partition coefficient (Wildman–Crippen LogP) is 1.57. The van der Waals surface area contributed by atoms with Gasteiger partial charge in [0, 0.05) is 18.8 Å². The summed E-state index contributed by atoms with van der Waals surface area (Å²) in [5.41, 5.74) is 1.31.